The maximum absolute atomic E-state index is 13.9. The molecule has 0 bridgehead atoms. The van der Waals surface area contributed by atoms with Gasteiger partial charge in [0.1, 0.15) is 17.2 Å². The number of ether oxygens (including phenoxy) is 2. The highest BCUT2D eigenvalue weighted by molar-refractivity contribution is 5.31. The minimum absolute atomic E-state index is 0.237. The fourth-order valence-corrected chi connectivity index (χ4v) is 2.40. The Kier molecular flexibility index (Phi) is 9.38. The summed E-state index contributed by atoms with van der Waals surface area (Å²) in [5.41, 5.74) is 0.566. The lowest BCUT2D eigenvalue weighted by Crippen LogP contribution is -2.16. The van der Waals surface area contributed by atoms with Crippen molar-refractivity contribution in [3.05, 3.63) is 65.0 Å². The molecule has 1 fully saturated rings. The van der Waals surface area contributed by atoms with E-state index >= 15 is 0 Å². The Bertz CT molecular complexity index is 689. The molecule has 1 aliphatic heterocycles. The lowest BCUT2D eigenvalue weighted by atomic mass is 9.94. The summed E-state index contributed by atoms with van der Waals surface area (Å²) in [6.45, 7) is 5.24. The van der Waals surface area contributed by atoms with Gasteiger partial charge in [-0.15, -0.1) is 0 Å². The second kappa shape index (κ2) is 11.0. The van der Waals surface area contributed by atoms with Crippen LogP contribution >= 0.6 is 0 Å². The van der Waals surface area contributed by atoms with Crippen LogP contribution in [-0.4, -0.2) is 18.2 Å². The first-order chi connectivity index (χ1) is 13.0. The molecule has 1 aliphatic rings. The predicted molar refractivity (Wildman–Crippen MR) is 95.4 cm³/mol. The van der Waals surface area contributed by atoms with Gasteiger partial charge in [-0.3, -0.25) is 4.98 Å². The van der Waals surface area contributed by atoms with Gasteiger partial charge in [-0.1, -0.05) is 39.8 Å². The van der Waals surface area contributed by atoms with Gasteiger partial charge in [-0.05, 0) is 17.7 Å². The number of nitrogens with zero attached hydrogens (tertiary/aromatic N) is 1. The van der Waals surface area contributed by atoms with Crippen LogP contribution in [0.3, 0.4) is 0 Å². The molecular weight excluding hydrogens is 362 g/mol. The minimum atomic E-state index is -2.83. The number of hydrogen-bond acceptors (Lipinski definition) is 3. The molecule has 0 amide bonds. The number of halogens is 4. The van der Waals surface area contributed by atoms with Crippen molar-refractivity contribution in [2.75, 3.05) is 6.61 Å². The molecule has 1 saturated heterocycles. The molecule has 0 N–H and O–H groups in total. The highest BCUT2D eigenvalue weighted by Gasteiger charge is 2.48. The van der Waals surface area contributed by atoms with Gasteiger partial charge in [-0.2, -0.15) is 8.78 Å². The molecule has 0 radical (unpaired) electrons. The third kappa shape index (κ3) is 6.59. The summed E-state index contributed by atoms with van der Waals surface area (Å²) >= 11 is 0. The van der Waals surface area contributed by atoms with Gasteiger partial charge >= 0.3 is 6.61 Å². The van der Waals surface area contributed by atoms with Gasteiger partial charge < -0.3 is 9.47 Å². The normalized spacial score (nSPS) is 17.5. The van der Waals surface area contributed by atoms with E-state index in [-0.39, 0.29) is 12.2 Å². The second-order valence-electron chi connectivity index (χ2n) is 5.31. The van der Waals surface area contributed by atoms with Crippen LogP contribution in [0.25, 0.3) is 0 Å². The number of benzene rings is 1. The maximum atomic E-state index is 13.9. The molecule has 2 aromatic rings. The predicted octanol–water partition coefficient (Wildman–Crippen LogP) is 5.62. The fourth-order valence-electron chi connectivity index (χ4n) is 2.40. The van der Waals surface area contributed by atoms with E-state index in [4.69, 9.17) is 4.74 Å². The average molecular weight is 387 g/mol. The first-order valence-electron chi connectivity index (χ1n) is 8.91. The van der Waals surface area contributed by atoms with Crippen LogP contribution in [-0.2, 0) is 28.1 Å². The van der Waals surface area contributed by atoms with E-state index in [1.165, 1.54) is 18.3 Å². The van der Waals surface area contributed by atoms with E-state index in [1.54, 1.807) is 12.1 Å². The van der Waals surface area contributed by atoms with E-state index in [0.717, 1.165) is 6.07 Å². The Hall–Kier alpha value is -1.99. The zero-order valence-corrected chi connectivity index (χ0v) is 15.9. The second-order valence-corrected chi connectivity index (χ2v) is 5.31. The molecule has 1 aromatic heterocycles. The maximum Gasteiger partial charge on any atom is 0.345 e. The van der Waals surface area contributed by atoms with Crippen LogP contribution in [0.4, 0.5) is 17.6 Å². The van der Waals surface area contributed by atoms with Crippen LogP contribution in [0.1, 0.15) is 44.5 Å². The number of epoxide rings is 1. The largest absolute Gasteiger partial charge is 0.364 e. The van der Waals surface area contributed by atoms with Crippen molar-refractivity contribution in [3.63, 3.8) is 0 Å². The lowest BCUT2D eigenvalue weighted by Gasteiger charge is -2.13. The Morgan fingerprint density at radius 2 is 1.78 bits per heavy atom. The first-order valence-corrected chi connectivity index (χ1v) is 8.91. The molecule has 7 heteroatoms. The lowest BCUT2D eigenvalue weighted by molar-refractivity contribution is -0.137. The van der Waals surface area contributed by atoms with Gasteiger partial charge in [0.2, 0.25) is 0 Å². The van der Waals surface area contributed by atoms with Crippen LogP contribution in [0.15, 0.2) is 36.5 Å². The Balaban J connectivity index is 0.000000855. The van der Waals surface area contributed by atoms with Gasteiger partial charge in [-0.25, -0.2) is 8.78 Å². The molecule has 0 spiro atoms. The Morgan fingerprint density at radius 1 is 1.11 bits per heavy atom. The van der Waals surface area contributed by atoms with Gasteiger partial charge in [0.15, 0.2) is 0 Å². The van der Waals surface area contributed by atoms with Crippen LogP contribution in [0.2, 0.25) is 0 Å². The van der Waals surface area contributed by atoms with E-state index < -0.39 is 23.8 Å². The summed E-state index contributed by atoms with van der Waals surface area (Å²) < 4.78 is 60.4. The first kappa shape index (κ1) is 23.0. The molecule has 0 aliphatic carbocycles. The molecule has 3 nitrogen and oxygen atoms in total. The van der Waals surface area contributed by atoms with E-state index in [0.29, 0.717) is 24.3 Å². The molecule has 3 rings (SSSR count). The summed E-state index contributed by atoms with van der Waals surface area (Å²) in [4.78, 5) is 4.15. The molecular formula is C20H25F4NO2. The zero-order valence-electron chi connectivity index (χ0n) is 15.9. The topological polar surface area (TPSA) is 34.6 Å². The Labute approximate surface area is 157 Å². The SMILES string of the molecule is CC.CC.Fc1ccc(C2(Cc3ccc(COC(F)F)cn3)CO2)c(F)c1. The number of aromatic nitrogens is 1. The molecule has 1 aromatic carbocycles. The standard InChI is InChI=1S/C16H13F4NO2.2C2H6/c17-11-2-4-13(14(18)5-11)16(9-23-16)6-12-3-1-10(7-21-12)8-22-15(19)20;2*1-2/h1-5,7,15H,6,8-9H2;2*1-2H3. The van der Waals surface area contributed by atoms with Crippen molar-refractivity contribution >= 4 is 0 Å². The molecule has 1 unspecified atom stereocenters. The van der Waals surface area contributed by atoms with Crippen molar-refractivity contribution in [2.45, 2.75) is 52.9 Å². The third-order valence-corrected chi connectivity index (χ3v) is 3.64. The van der Waals surface area contributed by atoms with E-state index in [9.17, 15) is 17.6 Å². The summed E-state index contributed by atoms with van der Waals surface area (Å²) in [5.74, 6) is -1.31. The average Bonchev–Trinajstić information content (AvgIpc) is 3.44. The van der Waals surface area contributed by atoms with Crippen molar-refractivity contribution in [1.82, 2.24) is 4.98 Å². The van der Waals surface area contributed by atoms with E-state index in [1.807, 2.05) is 27.7 Å². The van der Waals surface area contributed by atoms with Crippen molar-refractivity contribution in [2.24, 2.45) is 0 Å². The van der Waals surface area contributed by atoms with Crippen molar-refractivity contribution in [1.29, 1.82) is 0 Å². The Morgan fingerprint density at radius 3 is 2.26 bits per heavy atom. The van der Waals surface area contributed by atoms with Crippen molar-refractivity contribution in [3.8, 4) is 0 Å². The van der Waals surface area contributed by atoms with Gasteiger partial charge in [0, 0.05) is 29.9 Å². The molecule has 2 heterocycles. The number of hydrogen-bond donors (Lipinski definition) is 0. The van der Waals surface area contributed by atoms with Gasteiger partial charge in [0.05, 0.1) is 13.2 Å². The summed E-state index contributed by atoms with van der Waals surface area (Å²) in [6, 6.07) is 6.62. The van der Waals surface area contributed by atoms with E-state index in [2.05, 4.69) is 9.72 Å². The molecule has 1 atom stereocenters. The highest BCUT2D eigenvalue weighted by Crippen LogP contribution is 2.42. The van der Waals surface area contributed by atoms with Gasteiger partial charge in [0.25, 0.3) is 0 Å². The number of alkyl halides is 2. The van der Waals surface area contributed by atoms with Crippen molar-refractivity contribution < 1.29 is 27.0 Å². The molecule has 0 saturated carbocycles. The monoisotopic (exact) mass is 387 g/mol. The minimum Gasteiger partial charge on any atom is -0.364 e. The quantitative estimate of drug-likeness (QED) is 0.477. The molecule has 27 heavy (non-hydrogen) atoms. The fraction of sp³-hybridized carbons (Fsp3) is 0.450. The highest BCUT2D eigenvalue weighted by atomic mass is 19.3. The van der Waals surface area contributed by atoms with Crippen LogP contribution in [0, 0.1) is 11.6 Å². The van der Waals surface area contributed by atoms with Crippen LogP contribution < -0.4 is 0 Å². The summed E-state index contributed by atoms with van der Waals surface area (Å²) in [7, 11) is 0. The molecule has 150 valence electrons. The zero-order chi connectivity index (χ0) is 20.4. The third-order valence-electron chi connectivity index (χ3n) is 3.64. The smallest absolute Gasteiger partial charge is 0.345 e. The number of pyridine rings is 1. The summed E-state index contributed by atoms with van der Waals surface area (Å²) in [5, 5.41) is 0. The van der Waals surface area contributed by atoms with Crippen LogP contribution in [0.5, 0.6) is 0 Å². The number of rotatable bonds is 6. The summed E-state index contributed by atoms with van der Waals surface area (Å²) in [6.07, 6.45) is 1.74.